The SMILES string of the molecule is CCCS(=O)(=O)N(C)C[C@@H](C)Oc1cc(F)cc(NC(=O)Nc2ccc(C)nc2)c1. The average molecular weight is 439 g/mol. The second-order valence-electron chi connectivity index (χ2n) is 6.97. The minimum Gasteiger partial charge on any atom is -0.489 e. The molecular weight excluding hydrogens is 411 g/mol. The molecule has 0 unspecified atom stereocenters. The summed E-state index contributed by atoms with van der Waals surface area (Å²) in [5.41, 5.74) is 1.51. The molecule has 30 heavy (non-hydrogen) atoms. The molecule has 2 aromatic rings. The number of urea groups is 1. The predicted octanol–water partition coefficient (Wildman–Crippen LogP) is 3.61. The highest BCUT2D eigenvalue weighted by Gasteiger charge is 2.20. The number of aryl methyl sites for hydroxylation is 1. The van der Waals surface area contributed by atoms with E-state index >= 15 is 0 Å². The highest BCUT2D eigenvalue weighted by atomic mass is 32.2. The monoisotopic (exact) mass is 438 g/mol. The van der Waals surface area contributed by atoms with Gasteiger partial charge >= 0.3 is 6.03 Å². The average Bonchev–Trinajstić information content (AvgIpc) is 2.62. The highest BCUT2D eigenvalue weighted by Crippen LogP contribution is 2.22. The summed E-state index contributed by atoms with van der Waals surface area (Å²) >= 11 is 0. The lowest BCUT2D eigenvalue weighted by Crippen LogP contribution is -2.36. The molecule has 8 nitrogen and oxygen atoms in total. The zero-order valence-electron chi connectivity index (χ0n) is 17.5. The van der Waals surface area contributed by atoms with Gasteiger partial charge in [-0.05, 0) is 38.5 Å². The van der Waals surface area contributed by atoms with Crippen molar-refractivity contribution in [2.24, 2.45) is 0 Å². The van der Waals surface area contributed by atoms with Crippen LogP contribution in [0.1, 0.15) is 26.0 Å². The Morgan fingerprint density at radius 2 is 1.93 bits per heavy atom. The van der Waals surface area contributed by atoms with Gasteiger partial charge in [-0.1, -0.05) is 6.92 Å². The van der Waals surface area contributed by atoms with Gasteiger partial charge in [0.15, 0.2) is 0 Å². The third-order valence-corrected chi connectivity index (χ3v) is 6.11. The first-order valence-corrected chi connectivity index (χ1v) is 11.1. The minimum atomic E-state index is -3.35. The van der Waals surface area contributed by atoms with E-state index in [1.807, 2.05) is 6.92 Å². The number of anilines is 2. The third kappa shape index (κ3) is 7.27. The van der Waals surface area contributed by atoms with E-state index in [1.54, 1.807) is 26.0 Å². The first-order valence-electron chi connectivity index (χ1n) is 9.51. The number of nitrogens with zero attached hydrogens (tertiary/aromatic N) is 2. The van der Waals surface area contributed by atoms with Crippen LogP contribution in [-0.2, 0) is 10.0 Å². The number of hydrogen-bond acceptors (Lipinski definition) is 5. The Balaban J connectivity index is 2.00. The number of halogens is 1. The summed E-state index contributed by atoms with van der Waals surface area (Å²) in [6.45, 7) is 5.42. The summed E-state index contributed by atoms with van der Waals surface area (Å²) < 4.78 is 45.0. The molecule has 1 aromatic carbocycles. The first kappa shape index (κ1) is 23.6. The van der Waals surface area contributed by atoms with Crippen molar-refractivity contribution in [3.05, 3.63) is 48.0 Å². The smallest absolute Gasteiger partial charge is 0.323 e. The topological polar surface area (TPSA) is 101 Å². The quantitative estimate of drug-likeness (QED) is 0.623. The van der Waals surface area contributed by atoms with Crippen molar-refractivity contribution in [2.45, 2.75) is 33.3 Å². The van der Waals surface area contributed by atoms with Crippen LogP contribution in [0.2, 0.25) is 0 Å². The number of sulfonamides is 1. The molecule has 0 aliphatic rings. The number of likely N-dealkylation sites (N-methyl/N-ethyl adjacent to an activating group) is 1. The number of pyridine rings is 1. The molecule has 0 fully saturated rings. The van der Waals surface area contributed by atoms with Crippen molar-refractivity contribution in [2.75, 3.05) is 30.0 Å². The second kappa shape index (κ2) is 10.4. The Kier molecular flexibility index (Phi) is 8.13. The van der Waals surface area contributed by atoms with Crippen molar-refractivity contribution in [3.8, 4) is 5.75 Å². The predicted molar refractivity (Wildman–Crippen MR) is 115 cm³/mol. The molecule has 0 aliphatic heterocycles. The fourth-order valence-corrected chi connectivity index (χ4v) is 3.96. The maximum absolute atomic E-state index is 14.0. The molecule has 2 N–H and O–H groups in total. The summed E-state index contributed by atoms with van der Waals surface area (Å²) in [6, 6.07) is 6.69. The van der Waals surface area contributed by atoms with Crippen LogP contribution in [0.25, 0.3) is 0 Å². The molecule has 1 heterocycles. The molecule has 0 saturated carbocycles. The number of aromatic nitrogens is 1. The van der Waals surface area contributed by atoms with Crippen molar-refractivity contribution < 1.29 is 22.3 Å². The van der Waals surface area contributed by atoms with Crippen LogP contribution < -0.4 is 15.4 Å². The summed E-state index contributed by atoms with van der Waals surface area (Å²) in [7, 11) is -1.87. The Hall–Kier alpha value is -2.72. The normalized spacial score (nSPS) is 12.5. The van der Waals surface area contributed by atoms with Gasteiger partial charge in [-0.2, -0.15) is 0 Å². The molecular formula is C20H27FN4O4S. The number of nitrogens with one attached hydrogen (secondary N) is 2. The Bertz CT molecular complexity index is 967. The molecule has 2 rings (SSSR count). The zero-order valence-corrected chi connectivity index (χ0v) is 18.3. The number of rotatable bonds is 9. The maximum atomic E-state index is 14.0. The Morgan fingerprint density at radius 1 is 1.23 bits per heavy atom. The van der Waals surface area contributed by atoms with Crippen LogP contribution in [0, 0.1) is 12.7 Å². The minimum absolute atomic E-state index is 0.0515. The molecule has 1 aromatic heterocycles. The van der Waals surface area contributed by atoms with Gasteiger partial charge in [0.05, 0.1) is 24.2 Å². The van der Waals surface area contributed by atoms with E-state index in [1.165, 1.54) is 29.7 Å². The van der Waals surface area contributed by atoms with Gasteiger partial charge in [-0.25, -0.2) is 21.9 Å². The van der Waals surface area contributed by atoms with Gasteiger partial charge in [-0.3, -0.25) is 4.98 Å². The molecule has 1 atom stereocenters. The summed E-state index contributed by atoms with van der Waals surface area (Å²) in [5, 5.41) is 5.14. The van der Waals surface area contributed by atoms with Crippen LogP contribution in [0.15, 0.2) is 36.5 Å². The number of benzene rings is 1. The molecule has 0 spiro atoms. The zero-order chi connectivity index (χ0) is 22.3. The molecule has 0 aliphatic carbocycles. The summed E-state index contributed by atoms with van der Waals surface area (Å²) in [6.07, 6.45) is 1.50. The molecule has 0 radical (unpaired) electrons. The summed E-state index contributed by atoms with van der Waals surface area (Å²) in [5.74, 6) is -0.370. The van der Waals surface area contributed by atoms with E-state index in [2.05, 4.69) is 15.6 Å². The van der Waals surface area contributed by atoms with E-state index < -0.39 is 28.0 Å². The van der Waals surface area contributed by atoms with Crippen LogP contribution in [0.5, 0.6) is 5.75 Å². The lowest BCUT2D eigenvalue weighted by Gasteiger charge is -2.22. The van der Waals surface area contributed by atoms with Crippen molar-refractivity contribution in [1.29, 1.82) is 0 Å². The fourth-order valence-electron chi connectivity index (χ4n) is 2.70. The van der Waals surface area contributed by atoms with Crippen LogP contribution in [-0.4, -0.2) is 49.2 Å². The Morgan fingerprint density at radius 3 is 2.57 bits per heavy atom. The number of carbonyl (C=O) groups excluding carboxylic acids is 1. The fraction of sp³-hybridized carbons (Fsp3) is 0.400. The number of carbonyl (C=O) groups is 1. The van der Waals surface area contributed by atoms with E-state index in [0.29, 0.717) is 12.1 Å². The number of hydrogen-bond donors (Lipinski definition) is 2. The maximum Gasteiger partial charge on any atom is 0.323 e. The molecule has 0 bridgehead atoms. The lowest BCUT2D eigenvalue weighted by molar-refractivity contribution is 0.195. The third-order valence-electron chi connectivity index (χ3n) is 4.09. The largest absolute Gasteiger partial charge is 0.489 e. The first-order chi connectivity index (χ1) is 14.1. The van der Waals surface area contributed by atoms with E-state index in [9.17, 15) is 17.6 Å². The summed E-state index contributed by atoms with van der Waals surface area (Å²) in [4.78, 5) is 16.2. The van der Waals surface area contributed by atoms with Crippen LogP contribution in [0.4, 0.5) is 20.6 Å². The van der Waals surface area contributed by atoms with Gasteiger partial charge in [0.25, 0.3) is 0 Å². The van der Waals surface area contributed by atoms with Crippen molar-refractivity contribution in [3.63, 3.8) is 0 Å². The number of amides is 2. The van der Waals surface area contributed by atoms with Crippen LogP contribution in [0.3, 0.4) is 0 Å². The molecule has 0 saturated heterocycles. The van der Waals surface area contributed by atoms with Crippen molar-refractivity contribution >= 4 is 27.4 Å². The molecule has 164 valence electrons. The van der Waals surface area contributed by atoms with E-state index in [-0.39, 0.29) is 23.7 Å². The Labute approximate surface area is 176 Å². The molecule has 2 amide bonds. The number of ether oxygens (including phenoxy) is 1. The molecule has 10 heteroatoms. The van der Waals surface area contributed by atoms with Gasteiger partial charge in [0.1, 0.15) is 17.7 Å². The highest BCUT2D eigenvalue weighted by molar-refractivity contribution is 7.89. The van der Waals surface area contributed by atoms with Gasteiger partial charge in [0, 0.05) is 30.6 Å². The van der Waals surface area contributed by atoms with Gasteiger partial charge < -0.3 is 15.4 Å². The standard InChI is InChI=1S/C20H27FN4O4S/c1-5-8-30(27,28)25(4)13-15(3)29-19-10-16(21)9-18(11-19)24-20(26)23-17-7-6-14(2)22-12-17/h6-7,9-12,15H,5,8,13H2,1-4H3,(H2,23,24,26)/t15-/m1/s1. The van der Waals surface area contributed by atoms with Gasteiger partial charge in [0.2, 0.25) is 10.0 Å². The second-order valence-corrected chi connectivity index (χ2v) is 9.16. The van der Waals surface area contributed by atoms with Crippen LogP contribution >= 0.6 is 0 Å². The lowest BCUT2D eigenvalue weighted by atomic mass is 10.3. The van der Waals surface area contributed by atoms with Crippen molar-refractivity contribution in [1.82, 2.24) is 9.29 Å². The van der Waals surface area contributed by atoms with Gasteiger partial charge in [-0.15, -0.1) is 0 Å². The van der Waals surface area contributed by atoms with E-state index in [4.69, 9.17) is 4.74 Å². The van der Waals surface area contributed by atoms with E-state index in [0.717, 1.165) is 11.8 Å².